The number of hydrogen-bond donors (Lipinski definition) is 0. The number of benzene rings is 4. The number of hydrogen-bond acceptors (Lipinski definition) is 6. The first kappa shape index (κ1) is 32.4. The number of terminal acetylenes is 1. The van der Waals surface area contributed by atoms with Crippen molar-refractivity contribution in [3.8, 4) is 18.4 Å². The van der Waals surface area contributed by atoms with Crippen LogP contribution in [0.15, 0.2) is 121 Å². The highest BCUT2D eigenvalue weighted by atomic mass is 16.6. The molecule has 7 nitrogen and oxygen atoms in total. The van der Waals surface area contributed by atoms with Gasteiger partial charge in [0, 0.05) is 5.01 Å². The van der Waals surface area contributed by atoms with Gasteiger partial charge in [-0.1, -0.05) is 127 Å². The number of nitrogens with zero attached hydrogens (tertiary/aromatic N) is 1. The molecule has 226 valence electrons. The smallest absolute Gasteiger partial charge is 0.333 e. The van der Waals surface area contributed by atoms with Crippen molar-refractivity contribution in [1.82, 2.24) is 0 Å². The third-order valence-corrected chi connectivity index (χ3v) is 6.79. The Kier molecular flexibility index (Phi) is 14.0. The van der Waals surface area contributed by atoms with Gasteiger partial charge >= 0.3 is 6.07 Å². The van der Waals surface area contributed by atoms with E-state index in [0.717, 1.165) is 22.3 Å². The van der Waals surface area contributed by atoms with Crippen LogP contribution in [0, 0.1) is 23.6 Å². The molecule has 7 heteroatoms. The zero-order valence-electron chi connectivity index (χ0n) is 24.6. The first-order chi connectivity index (χ1) is 21.8. The van der Waals surface area contributed by atoms with Crippen molar-refractivity contribution >= 4 is 0 Å². The molecule has 44 heavy (non-hydrogen) atoms. The predicted molar refractivity (Wildman–Crippen MR) is 170 cm³/mol. The average molecular weight is 592 g/mol. The van der Waals surface area contributed by atoms with Crippen LogP contribution in [0.25, 0.3) is 5.01 Å². The highest BCUT2D eigenvalue weighted by Gasteiger charge is 2.40. The summed E-state index contributed by atoms with van der Waals surface area (Å²) in [6.45, 7) is 1.22. The quantitative estimate of drug-likeness (QED) is 0.0935. The Labute approximate surface area is 259 Å². The molecule has 0 bridgehead atoms. The van der Waals surface area contributed by atoms with E-state index in [1.807, 2.05) is 121 Å². The monoisotopic (exact) mass is 591 g/mol. The van der Waals surface area contributed by atoms with Crippen LogP contribution in [-0.2, 0) is 50.1 Å². The summed E-state index contributed by atoms with van der Waals surface area (Å²) in [6, 6.07) is 41.7. The Morgan fingerprint density at radius 1 is 0.568 bits per heavy atom. The van der Waals surface area contributed by atoms with Gasteiger partial charge in [0.05, 0.1) is 33.0 Å². The molecule has 0 fully saturated rings. The van der Waals surface area contributed by atoms with Crippen LogP contribution < -0.4 is 0 Å². The molecule has 0 aliphatic heterocycles. The van der Waals surface area contributed by atoms with Crippen LogP contribution in [0.2, 0.25) is 0 Å². The van der Waals surface area contributed by atoms with Crippen LogP contribution in [0.3, 0.4) is 0 Å². The summed E-state index contributed by atoms with van der Waals surface area (Å²) in [4.78, 5) is 0. The second-order valence-electron chi connectivity index (χ2n) is 10.0. The van der Waals surface area contributed by atoms with E-state index in [4.69, 9.17) is 30.1 Å². The van der Waals surface area contributed by atoms with Gasteiger partial charge in [-0.2, -0.15) is 0 Å². The molecule has 0 saturated heterocycles. The molecule has 0 aromatic heterocycles. The molecule has 0 saturated carbocycles. The van der Waals surface area contributed by atoms with Crippen molar-refractivity contribution in [2.24, 2.45) is 0 Å². The van der Waals surface area contributed by atoms with Crippen LogP contribution in [0.4, 0.5) is 0 Å². The van der Waals surface area contributed by atoms with Crippen molar-refractivity contribution in [3.05, 3.63) is 154 Å². The van der Waals surface area contributed by atoms with Crippen molar-refractivity contribution < 1.29 is 23.7 Å². The van der Waals surface area contributed by atoms with Crippen LogP contribution >= 0.6 is 0 Å². The third kappa shape index (κ3) is 11.0. The minimum absolute atomic E-state index is 0.0795. The number of rotatable bonds is 18. The first-order valence-corrected chi connectivity index (χ1v) is 14.5. The van der Waals surface area contributed by atoms with E-state index in [1.165, 1.54) is 0 Å². The third-order valence-electron chi connectivity index (χ3n) is 6.79. The molecule has 0 spiro atoms. The lowest BCUT2D eigenvalue weighted by molar-refractivity contribution is -0.188. The standard InChI is InChI=1S/C37H37NO6/c1-2-23-41-34(24-38-39)36(43-27-32-19-11-5-12-20-32)37(44-28-33-21-13-6-14-22-33)35(42-26-31-17-9-4-10-18-31)29-40-25-30-15-7-3-8-16-30/h1,3-22,34-37H,23,25-29H2/t34-,35+,36+,37+/m0/s1. The summed E-state index contributed by atoms with van der Waals surface area (Å²) in [6.07, 6.45) is 2.17. The molecular weight excluding hydrogens is 554 g/mol. The van der Waals surface area contributed by atoms with Gasteiger partial charge in [0.15, 0.2) is 0 Å². The van der Waals surface area contributed by atoms with Gasteiger partial charge in [-0.05, 0) is 22.3 Å². The summed E-state index contributed by atoms with van der Waals surface area (Å²) in [5, 5.41) is 14.4. The minimum atomic E-state index is -1.04. The summed E-state index contributed by atoms with van der Waals surface area (Å²) in [5.74, 6) is 2.45. The maximum absolute atomic E-state index is 11.5. The van der Waals surface area contributed by atoms with Crippen molar-refractivity contribution in [2.75, 3.05) is 13.2 Å². The topological polar surface area (TPSA) is 73.6 Å². The molecule has 0 heterocycles. The molecule has 4 aromatic rings. The van der Waals surface area contributed by atoms with Crippen LogP contribution in [-0.4, -0.2) is 37.6 Å². The van der Waals surface area contributed by atoms with Crippen molar-refractivity contribution in [2.45, 2.75) is 50.8 Å². The Morgan fingerprint density at radius 2 is 1.00 bits per heavy atom. The molecule has 0 unspecified atom stereocenters. The van der Waals surface area contributed by atoms with E-state index in [-0.39, 0.29) is 26.4 Å². The normalized spacial score (nSPS) is 13.5. The van der Waals surface area contributed by atoms with Gasteiger partial charge in [-0.25, -0.2) is 0 Å². The summed E-state index contributed by atoms with van der Waals surface area (Å²) < 4.78 is 31.6. The van der Waals surface area contributed by atoms with E-state index in [9.17, 15) is 5.21 Å². The molecule has 4 aromatic carbocycles. The summed E-state index contributed by atoms with van der Waals surface area (Å²) >= 11 is 0. The molecule has 0 radical (unpaired) electrons. The lowest BCUT2D eigenvalue weighted by Gasteiger charge is -2.34. The fourth-order valence-corrected chi connectivity index (χ4v) is 4.58. The Balaban J connectivity index is 1.67. The van der Waals surface area contributed by atoms with Crippen molar-refractivity contribution in [1.29, 1.82) is 0 Å². The highest BCUT2D eigenvalue weighted by molar-refractivity contribution is 5.17. The lowest BCUT2D eigenvalue weighted by Crippen LogP contribution is -2.50. The Hall–Kier alpha value is -4.47. The van der Waals surface area contributed by atoms with E-state index in [2.05, 4.69) is 17.0 Å². The zero-order chi connectivity index (χ0) is 30.7. The largest absolute Gasteiger partial charge is 0.498 e. The molecular formula is C37H37NO6. The van der Waals surface area contributed by atoms with Gasteiger partial charge in [-0.3, -0.25) is 0 Å². The molecule has 0 amide bonds. The summed E-state index contributed by atoms with van der Waals surface area (Å²) in [5.41, 5.74) is 3.89. The minimum Gasteiger partial charge on any atom is -0.498 e. The predicted octanol–water partition coefficient (Wildman–Crippen LogP) is 6.81. The van der Waals surface area contributed by atoms with Gasteiger partial charge < -0.3 is 28.9 Å². The molecule has 0 aliphatic rings. The lowest BCUT2D eigenvalue weighted by atomic mass is 10.0. The Bertz CT molecular complexity index is 1440. The highest BCUT2D eigenvalue weighted by Crippen LogP contribution is 2.23. The fraction of sp³-hybridized carbons (Fsp3) is 0.270. The first-order valence-electron chi connectivity index (χ1n) is 14.5. The molecule has 0 N–H and O–H groups in total. The SMILES string of the molecule is C#CCO[C@@H](C#[N+][O-])[C@@H](OCc1ccccc1)[C@H](OCc1ccccc1)[C@@H](COCc1ccccc1)OCc1ccccc1. The van der Waals surface area contributed by atoms with Crippen LogP contribution in [0.5, 0.6) is 0 Å². The van der Waals surface area contributed by atoms with Gasteiger partial charge in [0.25, 0.3) is 0 Å². The van der Waals surface area contributed by atoms with E-state index in [1.54, 1.807) is 0 Å². The average Bonchev–Trinajstić information content (AvgIpc) is 3.08. The maximum Gasteiger partial charge on any atom is 0.333 e. The summed E-state index contributed by atoms with van der Waals surface area (Å²) in [7, 11) is 0. The van der Waals surface area contributed by atoms with Gasteiger partial charge in [-0.15, -0.1) is 6.42 Å². The van der Waals surface area contributed by atoms with Crippen LogP contribution in [0.1, 0.15) is 22.3 Å². The zero-order valence-corrected chi connectivity index (χ0v) is 24.6. The Morgan fingerprint density at radius 3 is 1.45 bits per heavy atom. The second-order valence-corrected chi connectivity index (χ2v) is 10.0. The van der Waals surface area contributed by atoms with E-state index in [0.29, 0.717) is 13.2 Å². The fourth-order valence-electron chi connectivity index (χ4n) is 4.58. The van der Waals surface area contributed by atoms with Crippen molar-refractivity contribution in [3.63, 3.8) is 0 Å². The number of ether oxygens (including phenoxy) is 5. The molecule has 0 aliphatic carbocycles. The molecule has 4 atom stereocenters. The van der Waals surface area contributed by atoms with E-state index < -0.39 is 24.4 Å². The second kappa shape index (κ2) is 18.9. The van der Waals surface area contributed by atoms with Gasteiger partial charge in [0.1, 0.15) is 24.9 Å². The molecule has 4 rings (SSSR count). The van der Waals surface area contributed by atoms with E-state index >= 15 is 0 Å². The maximum atomic E-state index is 11.5. The van der Waals surface area contributed by atoms with Gasteiger partial charge in [0.2, 0.25) is 6.10 Å².